The third-order valence-electron chi connectivity index (χ3n) is 5.13. The van der Waals surface area contributed by atoms with Crippen LogP contribution in [-0.2, 0) is 4.43 Å². The van der Waals surface area contributed by atoms with E-state index in [1.165, 1.54) is 0 Å². The van der Waals surface area contributed by atoms with Crippen molar-refractivity contribution in [3.8, 4) is 5.75 Å². The summed E-state index contributed by atoms with van der Waals surface area (Å²) >= 11 is 0. The van der Waals surface area contributed by atoms with E-state index in [1.807, 2.05) is 6.07 Å². The van der Waals surface area contributed by atoms with Gasteiger partial charge in [0.25, 0.3) is 0 Å². The maximum atomic E-state index is 11.2. The maximum Gasteiger partial charge on any atom is 0.336 e. The Labute approximate surface area is 139 Å². The molecular weight excluding hydrogens is 308 g/mol. The van der Waals surface area contributed by atoms with Gasteiger partial charge in [-0.05, 0) is 37.2 Å². The van der Waals surface area contributed by atoms with Gasteiger partial charge < -0.3 is 14.3 Å². The minimum atomic E-state index is -1.73. The fourth-order valence-corrected chi connectivity index (χ4v) is 3.84. The molecule has 1 fully saturated rings. The van der Waals surface area contributed by atoms with Gasteiger partial charge in [-0.1, -0.05) is 26.8 Å². The molecular formula is C18H28O4Si. The number of hydrogen-bond acceptors (Lipinski definition) is 3. The van der Waals surface area contributed by atoms with Gasteiger partial charge in [0.1, 0.15) is 11.9 Å². The predicted octanol–water partition coefficient (Wildman–Crippen LogP) is 4.62. The van der Waals surface area contributed by atoms with Crippen LogP contribution in [0.3, 0.4) is 0 Å². The topological polar surface area (TPSA) is 55.8 Å². The summed E-state index contributed by atoms with van der Waals surface area (Å²) in [6, 6.07) is 5.17. The molecule has 0 bridgehead atoms. The van der Waals surface area contributed by atoms with E-state index < -0.39 is 14.3 Å². The number of carboxylic acids is 1. The predicted molar refractivity (Wildman–Crippen MR) is 93.9 cm³/mol. The zero-order chi connectivity index (χ0) is 17.4. The SMILES string of the molecule is Cc1c(OC2CC(O[Si](C)(C)C(C)(C)C)C2)cccc1C(=O)O. The maximum absolute atomic E-state index is 11.2. The summed E-state index contributed by atoms with van der Waals surface area (Å²) in [6.07, 6.45) is 2.14. The van der Waals surface area contributed by atoms with Gasteiger partial charge >= 0.3 is 5.97 Å². The van der Waals surface area contributed by atoms with Crippen LogP contribution in [0.4, 0.5) is 0 Å². The van der Waals surface area contributed by atoms with E-state index in [4.69, 9.17) is 9.16 Å². The molecule has 1 aliphatic rings. The third kappa shape index (κ3) is 3.96. The molecule has 1 N–H and O–H groups in total. The van der Waals surface area contributed by atoms with E-state index in [9.17, 15) is 9.90 Å². The largest absolute Gasteiger partial charge is 0.490 e. The highest BCUT2D eigenvalue weighted by molar-refractivity contribution is 6.74. The second-order valence-corrected chi connectivity index (χ2v) is 12.7. The molecule has 1 aromatic rings. The molecule has 1 saturated carbocycles. The van der Waals surface area contributed by atoms with Gasteiger partial charge in [0.15, 0.2) is 8.32 Å². The Balaban J connectivity index is 1.92. The van der Waals surface area contributed by atoms with E-state index in [2.05, 4.69) is 33.9 Å². The summed E-state index contributed by atoms with van der Waals surface area (Å²) in [5, 5.41) is 9.38. The first kappa shape index (κ1) is 18.0. The lowest BCUT2D eigenvalue weighted by molar-refractivity contribution is -0.00354. The zero-order valence-electron chi connectivity index (χ0n) is 15.0. The molecule has 2 rings (SSSR count). The number of hydrogen-bond donors (Lipinski definition) is 1. The molecule has 0 radical (unpaired) electrons. The highest BCUT2D eigenvalue weighted by atomic mass is 28.4. The highest BCUT2D eigenvalue weighted by Crippen LogP contribution is 2.41. The molecule has 23 heavy (non-hydrogen) atoms. The summed E-state index contributed by atoms with van der Waals surface area (Å²) in [4.78, 5) is 11.2. The number of aromatic carboxylic acids is 1. The van der Waals surface area contributed by atoms with E-state index in [0.29, 0.717) is 16.9 Å². The molecule has 0 heterocycles. The van der Waals surface area contributed by atoms with Gasteiger partial charge in [0, 0.05) is 18.4 Å². The van der Waals surface area contributed by atoms with E-state index in [0.717, 1.165) is 12.8 Å². The number of rotatable bonds is 5. The average Bonchev–Trinajstić information content (AvgIpc) is 2.36. The quantitative estimate of drug-likeness (QED) is 0.797. The van der Waals surface area contributed by atoms with Gasteiger partial charge in [-0.15, -0.1) is 0 Å². The molecule has 5 heteroatoms. The van der Waals surface area contributed by atoms with E-state index >= 15 is 0 Å². The molecule has 0 aliphatic heterocycles. The second-order valence-electron chi connectivity index (χ2n) is 7.95. The van der Waals surface area contributed by atoms with Gasteiger partial charge in [0.2, 0.25) is 0 Å². The van der Waals surface area contributed by atoms with Gasteiger partial charge in [0.05, 0.1) is 11.7 Å². The van der Waals surface area contributed by atoms with Crippen LogP contribution >= 0.6 is 0 Å². The summed E-state index contributed by atoms with van der Waals surface area (Å²) in [5.41, 5.74) is 0.990. The van der Waals surface area contributed by atoms with E-state index in [1.54, 1.807) is 19.1 Å². The first-order valence-corrected chi connectivity index (χ1v) is 11.1. The van der Waals surface area contributed by atoms with Crippen LogP contribution in [0.25, 0.3) is 0 Å². The lowest BCUT2D eigenvalue weighted by Gasteiger charge is -2.44. The number of carboxylic acid groups (broad SMARTS) is 1. The number of carbonyl (C=O) groups is 1. The fraction of sp³-hybridized carbons (Fsp3) is 0.611. The van der Waals surface area contributed by atoms with Crippen LogP contribution in [0.2, 0.25) is 18.1 Å². The molecule has 0 spiro atoms. The molecule has 0 aromatic heterocycles. The first-order chi connectivity index (χ1) is 10.5. The third-order valence-corrected chi connectivity index (χ3v) is 9.66. The molecule has 128 valence electrons. The molecule has 1 aromatic carbocycles. The Morgan fingerprint density at radius 3 is 2.35 bits per heavy atom. The minimum absolute atomic E-state index is 0.118. The van der Waals surface area contributed by atoms with Crippen LogP contribution in [0.1, 0.15) is 49.5 Å². The Morgan fingerprint density at radius 2 is 1.83 bits per heavy atom. The van der Waals surface area contributed by atoms with Gasteiger partial charge in [-0.2, -0.15) is 0 Å². The number of ether oxygens (including phenoxy) is 1. The summed E-state index contributed by atoms with van der Waals surface area (Å²) in [6.45, 7) is 13.1. The lowest BCUT2D eigenvalue weighted by atomic mass is 9.92. The standard InChI is InChI=1S/C18H28O4Si/c1-12-15(17(19)20)8-7-9-16(12)21-13-10-14(11-13)22-23(5,6)18(2,3)4/h7-9,13-14H,10-11H2,1-6H3,(H,19,20). The molecule has 0 amide bonds. The average molecular weight is 337 g/mol. The highest BCUT2D eigenvalue weighted by Gasteiger charge is 2.43. The summed E-state index contributed by atoms with van der Waals surface area (Å²) in [7, 11) is -1.73. The van der Waals surface area contributed by atoms with Crippen LogP contribution in [0.15, 0.2) is 18.2 Å². The van der Waals surface area contributed by atoms with Crippen LogP contribution in [0.5, 0.6) is 5.75 Å². The zero-order valence-corrected chi connectivity index (χ0v) is 16.0. The second kappa shape index (κ2) is 6.28. The van der Waals surface area contributed by atoms with Crippen molar-refractivity contribution < 1.29 is 19.1 Å². The van der Waals surface area contributed by atoms with Gasteiger partial charge in [-0.3, -0.25) is 0 Å². The van der Waals surface area contributed by atoms with Crippen LogP contribution in [-0.4, -0.2) is 31.6 Å². The van der Waals surface area contributed by atoms with Crippen molar-refractivity contribution in [1.29, 1.82) is 0 Å². The van der Waals surface area contributed by atoms with Crippen molar-refractivity contribution in [2.75, 3.05) is 0 Å². The number of benzene rings is 1. The monoisotopic (exact) mass is 336 g/mol. The molecule has 1 aliphatic carbocycles. The van der Waals surface area contributed by atoms with Crippen molar-refractivity contribution in [3.05, 3.63) is 29.3 Å². The van der Waals surface area contributed by atoms with Crippen molar-refractivity contribution in [1.82, 2.24) is 0 Å². The van der Waals surface area contributed by atoms with Crippen molar-refractivity contribution in [3.63, 3.8) is 0 Å². The molecule has 0 unspecified atom stereocenters. The Kier molecular flexibility index (Phi) is 4.92. The van der Waals surface area contributed by atoms with Crippen LogP contribution < -0.4 is 4.74 Å². The van der Waals surface area contributed by atoms with Crippen LogP contribution in [0, 0.1) is 6.92 Å². The van der Waals surface area contributed by atoms with Crippen molar-refractivity contribution in [2.45, 2.75) is 70.9 Å². The lowest BCUT2D eigenvalue weighted by Crippen LogP contribution is -2.50. The minimum Gasteiger partial charge on any atom is -0.490 e. The van der Waals surface area contributed by atoms with Crippen molar-refractivity contribution >= 4 is 14.3 Å². The molecule has 0 saturated heterocycles. The first-order valence-electron chi connectivity index (χ1n) is 8.18. The molecule has 4 nitrogen and oxygen atoms in total. The van der Waals surface area contributed by atoms with Gasteiger partial charge in [-0.25, -0.2) is 4.79 Å². The fourth-order valence-electron chi connectivity index (χ4n) is 2.46. The Hall–Kier alpha value is -1.33. The van der Waals surface area contributed by atoms with Crippen molar-refractivity contribution in [2.24, 2.45) is 0 Å². The van der Waals surface area contributed by atoms with E-state index in [-0.39, 0.29) is 17.2 Å². The normalized spacial score (nSPS) is 21.7. The molecule has 0 atom stereocenters. The Bertz CT molecular complexity index is 583. The smallest absolute Gasteiger partial charge is 0.336 e. The summed E-state index contributed by atoms with van der Waals surface area (Å²) in [5.74, 6) is -0.249. The summed E-state index contributed by atoms with van der Waals surface area (Å²) < 4.78 is 12.3. The Morgan fingerprint density at radius 1 is 1.22 bits per heavy atom.